The van der Waals surface area contributed by atoms with Crippen molar-refractivity contribution in [1.29, 1.82) is 0 Å². The lowest BCUT2D eigenvalue weighted by molar-refractivity contribution is -0.138. The van der Waals surface area contributed by atoms with Crippen LogP contribution >= 0.6 is 0 Å². The van der Waals surface area contributed by atoms with Gasteiger partial charge in [-0.2, -0.15) is 13.2 Å². The third-order valence-electron chi connectivity index (χ3n) is 4.35. The Morgan fingerprint density at radius 1 is 1.24 bits per heavy atom. The van der Waals surface area contributed by atoms with Crippen LogP contribution in [0.15, 0.2) is 24.3 Å². The monoisotopic (exact) mass is 298 g/mol. The molecule has 1 N–H and O–H groups in total. The minimum absolute atomic E-state index is 0.223. The van der Waals surface area contributed by atoms with Gasteiger partial charge < -0.3 is 10.2 Å². The Labute approximate surface area is 121 Å². The predicted octanol–water partition coefficient (Wildman–Crippen LogP) is 2.53. The maximum absolute atomic E-state index is 13.0. The third kappa shape index (κ3) is 2.77. The van der Waals surface area contributed by atoms with Crippen molar-refractivity contribution in [1.82, 2.24) is 10.2 Å². The van der Waals surface area contributed by atoms with Crippen LogP contribution in [0.3, 0.4) is 0 Å². The van der Waals surface area contributed by atoms with E-state index in [0.29, 0.717) is 19.0 Å². The zero-order valence-corrected chi connectivity index (χ0v) is 11.5. The molecular weight excluding hydrogens is 281 g/mol. The Hall–Kier alpha value is -1.56. The summed E-state index contributed by atoms with van der Waals surface area (Å²) < 4.78 is 39.0. The summed E-state index contributed by atoms with van der Waals surface area (Å²) in [6.07, 6.45) is -2.41. The first-order valence-corrected chi connectivity index (χ1v) is 7.15. The van der Waals surface area contributed by atoms with Crippen LogP contribution in [-0.2, 0) is 6.18 Å². The van der Waals surface area contributed by atoms with Crippen molar-refractivity contribution in [3.05, 3.63) is 35.4 Å². The van der Waals surface area contributed by atoms with Crippen LogP contribution in [0.5, 0.6) is 0 Å². The summed E-state index contributed by atoms with van der Waals surface area (Å²) in [5.41, 5.74) is -1.10. The first-order valence-electron chi connectivity index (χ1n) is 7.15. The number of piperidine rings is 1. The molecule has 2 saturated heterocycles. The first-order chi connectivity index (χ1) is 9.97. The number of alkyl halides is 3. The Morgan fingerprint density at radius 3 is 2.71 bits per heavy atom. The van der Waals surface area contributed by atoms with E-state index in [9.17, 15) is 18.0 Å². The molecule has 0 bridgehead atoms. The van der Waals surface area contributed by atoms with Crippen LogP contribution in [0.2, 0.25) is 0 Å². The molecule has 0 unspecified atom stereocenters. The lowest BCUT2D eigenvalue weighted by Crippen LogP contribution is -2.41. The van der Waals surface area contributed by atoms with E-state index in [1.165, 1.54) is 18.2 Å². The number of halogens is 3. The van der Waals surface area contributed by atoms with E-state index in [1.54, 1.807) is 4.90 Å². The normalized spacial score (nSPS) is 25.8. The highest BCUT2D eigenvalue weighted by Crippen LogP contribution is 2.33. The maximum Gasteiger partial charge on any atom is 0.417 e. The molecule has 2 heterocycles. The molecule has 0 spiro atoms. The van der Waals surface area contributed by atoms with Crippen molar-refractivity contribution in [3.63, 3.8) is 0 Å². The Bertz CT molecular complexity index is 530. The minimum Gasteiger partial charge on any atom is -0.337 e. The van der Waals surface area contributed by atoms with Crippen molar-refractivity contribution < 1.29 is 18.0 Å². The summed E-state index contributed by atoms with van der Waals surface area (Å²) in [6.45, 7) is 1.96. The number of nitrogens with zero attached hydrogens (tertiary/aromatic N) is 1. The fraction of sp³-hybridized carbons (Fsp3) is 0.533. The number of rotatable bonds is 1. The average molecular weight is 298 g/mol. The molecule has 2 atom stereocenters. The molecule has 2 fully saturated rings. The molecule has 0 aromatic heterocycles. The molecule has 3 rings (SSSR count). The van der Waals surface area contributed by atoms with E-state index >= 15 is 0 Å². The number of carbonyl (C=O) groups is 1. The minimum atomic E-state index is -4.50. The van der Waals surface area contributed by atoms with E-state index in [4.69, 9.17) is 0 Å². The summed E-state index contributed by atoms with van der Waals surface area (Å²) >= 11 is 0. The van der Waals surface area contributed by atoms with Gasteiger partial charge in [0.15, 0.2) is 0 Å². The zero-order valence-electron chi connectivity index (χ0n) is 11.5. The fourth-order valence-electron chi connectivity index (χ4n) is 3.30. The SMILES string of the molecule is O=C(c1ccccc1C(F)(F)F)N1C[C@@H]2CCCN[C@@H]2C1. The molecule has 2 aliphatic rings. The highest BCUT2D eigenvalue weighted by atomic mass is 19.4. The topological polar surface area (TPSA) is 32.3 Å². The van der Waals surface area contributed by atoms with Gasteiger partial charge in [0.2, 0.25) is 0 Å². The smallest absolute Gasteiger partial charge is 0.337 e. The molecule has 114 valence electrons. The standard InChI is InChI=1S/C15H17F3N2O/c16-15(17,18)12-6-2-1-5-11(12)14(21)20-8-10-4-3-7-19-13(10)9-20/h1-2,5-6,10,13,19H,3-4,7-9H2/t10-,13+/m0/s1. The summed E-state index contributed by atoms with van der Waals surface area (Å²) in [4.78, 5) is 14.0. The Balaban J connectivity index is 1.83. The average Bonchev–Trinajstić information content (AvgIpc) is 2.89. The molecule has 3 nitrogen and oxygen atoms in total. The van der Waals surface area contributed by atoms with Gasteiger partial charge in [0, 0.05) is 19.1 Å². The highest BCUT2D eigenvalue weighted by Gasteiger charge is 2.40. The Morgan fingerprint density at radius 2 is 2.00 bits per heavy atom. The number of carbonyl (C=O) groups excluding carboxylic acids is 1. The number of likely N-dealkylation sites (tertiary alicyclic amines) is 1. The fourth-order valence-corrected chi connectivity index (χ4v) is 3.30. The molecule has 0 saturated carbocycles. The van der Waals surface area contributed by atoms with Crippen LogP contribution in [-0.4, -0.2) is 36.5 Å². The third-order valence-corrected chi connectivity index (χ3v) is 4.35. The van der Waals surface area contributed by atoms with E-state index in [-0.39, 0.29) is 11.6 Å². The van der Waals surface area contributed by atoms with Gasteiger partial charge in [0.1, 0.15) is 0 Å². The highest BCUT2D eigenvalue weighted by molar-refractivity contribution is 5.96. The van der Waals surface area contributed by atoms with Gasteiger partial charge >= 0.3 is 6.18 Å². The largest absolute Gasteiger partial charge is 0.417 e. The number of hydrogen-bond acceptors (Lipinski definition) is 2. The number of benzene rings is 1. The lowest BCUT2D eigenvalue weighted by atomic mass is 9.94. The van der Waals surface area contributed by atoms with Crippen LogP contribution in [0, 0.1) is 5.92 Å². The molecule has 1 aromatic rings. The molecule has 2 aliphatic heterocycles. The lowest BCUT2D eigenvalue weighted by Gasteiger charge is -2.24. The van der Waals surface area contributed by atoms with Gasteiger partial charge in [-0.1, -0.05) is 12.1 Å². The molecular formula is C15H17F3N2O. The molecule has 0 radical (unpaired) electrons. The summed E-state index contributed by atoms with van der Waals surface area (Å²) in [7, 11) is 0. The van der Waals surface area contributed by atoms with Gasteiger partial charge in [0.05, 0.1) is 11.1 Å². The first kappa shape index (κ1) is 14.4. The number of nitrogens with one attached hydrogen (secondary N) is 1. The van der Waals surface area contributed by atoms with Gasteiger partial charge in [0.25, 0.3) is 5.91 Å². The maximum atomic E-state index is 13.0. The van der Waals surface area contributed by atoms with Gasteiger partial charge in [-0.05, 0) is 37.4 Å². The van der Waals surface area contributed by atoms with Crippen molar-refractivity contribution >= 4 is 5.91 Å². The van der Waals surface area contributed by atoms with Crippen LogP contribution in [0.25, 0.3) is 0 Å². The molecule has 1 aromatic carbocycles. The van der Waals surface area contributed by atoms with E-state index in [2.05, 4.69) is 5.32 Å². The van der Waals surface area contributed by atoms with E-state index in [0.717, 1.165) is 25.5 Å². The predicted molar refractivity (Wildman–Crippen MR) is 71.9 cm³/mol. The molecule has 1 amide bonds. The number of hydrogen-bond donors (Lipinski definition) is 1. The van der Waals surface area contributed by atoms with Crippen molar-refractivity contribution in [2.24, 2.45) is 5.92 Å². The van der Waals surface area contributed by atoms with Gasteiger partial charge in [-0.15, -0.1) is 0 Å². The summed E-state index contributed by atoms with van der Waals surface area (Å²) in [5, 5.41) is 3.35. The van der Waals surface area contributed by atoms with Gasteiger partial charge in [-0.25, -0.2) is 0 Å². The van der Waals surface area contributed by atoms with Crippen LogP contribution in [0.1, 0.15) is 28.8 Å². The summed E-state index contributed by atoms with van der Waals surface area (Å²) in [5.74, 6) is -0.153. The van der Waals surface area contributed by atoms with Crippen molar-refractivity contribution in [3.8, 4) is 0 Å². The van der Waals surface area contributed by atoms with E-state index in [1.807, 2.05) is 0 Å². The second-order valence-corrected chi connectivity index (χ2v) is 5.72. The Kier molecular flexibility index (Phi) is 3.65. The number of fused-ring (bicyclic) bond motifs is 1. The summed E-state index contributed by atoms with van der Waals surface area (Å²) in [6, 6.07) is 5.24. The van der Waals surface area contributed by atoms with Crippen molar-refractivity contribution in [2.45, 2.75) is 25.1 Å². The molecule has 0 aliphatic carbocycles. The second-order valence-electron chi connectivity index (χ2n) is 5.72. The quantitative estimate of drug-likeness (QED) is 0.864. The van der Waals surface area contributed by atoms with Crippen LogP contribution < -0.4 is 5.32 Å². The van der Waals surface area contributed by atoms with Gasteiger partial charge in [-0.3, -0.25) is 4.79 Å². The zero-order chi connectivity index (χ0) is 15.0. The molecule has 6 heteroatoms. The number of amides is 1. The van der Waals surface area contributed by atoms with E-state index < -0.39 is 17.6 Å². The van der Waals surface area contributed by atoms with Crippen LogP contribution in [0.4, 0.5) is 13.2 Å². The molecule has 21 heavy (non-hydrogen) atoms. The second kappa shape index (κ2) is 5.33. The van der Waals surface area contributed by atoms with Crippen molar-refractivity contribution in [2.75, 3.05) is 19.6 Å².